The first-order chi connectivity index (χ1) is 10.7. The van der Waals surface area contributed by atoms with Gasteiger partial charge in [0, 0.05) is 30.4 Å². The number of thioether (sulfide) groups is 1. The molecule has 5 heteroatoms. The highest BCUT2D eigenvalue weighted by Gasteiger charge is 2.21. The minimum absolute atomic E-state index is 0.151. The van der Waals surface area contributed by atoms with Crippen LogP contribution < -0.4 is 10.1 Å². The number of ether oxygens (including phenoxy) is 1. The van der Waals surface area contributed by atoms with Crippen LogP contribution in [0.15, 0.2) is 23.1 Å². The first-order valence-electron chi connectivity index (χ1n) is 7.88. The van der Waals surface area contributed by atoms with E-state index < -0.39 is 0 Å². The van der Waals surface area contributed by atoms with Gasteiger partial charge >= 0.3 is 0 Å². The van der Waals surface area contributed by atoms with Gasteiger partial charge in [0.15, 0.2) is 0 Å². The number of hydrogen-bond acceptors (Lipinski definition) is 4. The van der Waals surface area contributed by atoms with Crippen molar-refractivity contribution in [3.63, 3.8) is 0 Å². The summed E-state index contributed by atoms with van der Waals surface area (Å²) in [6.07, 6.45) is 4.83. The summed E-state index contributed by atoms with van der Waals surface area (Å²) in [5.74, 6) is 1.09. The normalized spacial score (nSPS) is 19.0. The molecule has 1 heterocycles. The Labute approximate surface area is 137 Å². The summed E-state index contributed by atoms with van der Waals surface area (Å²) in [6, 6.07) is 6.70. The molecule has 4 nitrogen and oxygen atoms in total. The van der Waals surface area contributed by atoms with Gasteiger partial charge in [-0.05, 0) is 43.3 Å². The molecule has 0 bridgehead atoms. The van der Waals surface area contributed by atoms with Crippen molar-refractivity contribution in [3.8, 4) is 5.75 Å². The fourth-order valence-corrected chi connectivity index (χ4v) is 3.43. The quantitative estimate of drug-likeness (QED) is 0.818. The van der Waals surface area contributed by atoms with E-state index in [9.17, 15) is 4.79 Å². The third-order valence-corrected chi connectivity index (χ3v) is 4.82. The predicted molar refractivity (Wildman–Crippen MR) is 91.5 cm³/mol. The maximum Gasteiger partial charge on any atom is 0.219 e. The highest BCUT2D eigenvalue weighted by Crippen LogP contribution is 2.29. The minimum Gasteiger partial charge on any atom is -0.496 e. The molecule has 0 radical (unpaired) electrons. The van der Waals surface area contributed by atoms with Crippen LogP contribution >= 0.6 is 11.8 Å². The lowest BCUT2D eigenvalue weighted by Gasteiger charge is -2.33. The van der Waals surface area contributed by atoms with E-state index in [0.29, 0.717) is 6.42 Å². The number of nitrogens with zero attached hydrogens (tertiary/aromatic N) is 1. The number of carbonyl (C=O) groups is 1. The van der Waals surface area contributed by atoms with Crippen molar-refractivity contribution in [2.45, 2.75) is 43.7 Å². The van der Waals surface area contributed by atoms with Gasteiger partial charge in [0.25, 0.3) is 0 Å². The van der Waals surface area contributed by atoms with Gasteiger partial charge in [-0.3, -0.25) is 9.69 Å². The Balaban J connectivity index is 1.96. The van der Waals surface area contributed by atoms with Gasteiger partial charge < -0.3 is 10.1 Å². The molecule has 0 spiro atoms. The Kier molecular flexibility index (Phi) is 6.58. The Morgan fingerprint density at radius 1 is 1.50 bits per heavy atom. The molecule has 2 rings (SSSR count). The van der Waals surface area contributed by atoms with Crippen molar-refractivity contribution in [2.75, 3.05) is 26.5 Å². The number of hydrogen-bond donors (Lipinski definition) is 1. The summed E-state index contributed by atoms with van der Waals surface area (Å²) in [5.41, 5.74) is 1.26. The average Bonchev–Trinajstić information content (AvgIpc) is 2.55. The van der Waals surface area contributed by atoms with Gasteiger partial charge in [-0.25, -0.2) is 0 Å². The number of carbonyl (C=O) groups excluding carboxylic acids is 1. The lowest BCUT2D eigenvalue weighted by atomic mass is 10.0. The van der Waals surface area contributed by atoms with Crippen molar-refractivity contribution in [1.82, 2.24) is 10.2 Å². The summed E-state index contributed by atoms with van der Waals surface area (Å²) in [6.45, 7) is 4.82. The van der Waals surface area contributed by atoms with Gasteiger partial charge in [0.05, 0.1) is 7.11 Å². The molecular formula is C17H26N2O2S. The summed E-state index contributed by atoms with van der Waals surface area (Å²) < 4.78 is 5.46. The van der Waals surface area contributed by atoms with E-state index in [1.54, 1.807) is 18.9 Å². The van der Waals surface area contributed by atoms with Gasteiger partial charge in [0.2, 0.25) is 5.91 Å². The highest BCUT2D eigenvalue weighted by atomic mass is 32.2. The lowest BCUT2D eigenvalue weighted by Crippen LogP contribution is -2.47. The number of piperidine rings is 1. The highest BCUT2D eigenvalue weighted by molar-refractivity contribution is 7.98. The van der Waals surface area contributed by atoms with Gasteiger partial charge in [-0.15, -0.1) is 11.8 Å². The largest absolute Gasteiger partial charge is 0.496 e. The fourth-order valence-electron chi connectivity index (χ4n) is 2.88. The third kappa shape index (κ3) is 4.65. The van der Waals surface area contributed by atoms with Crippen LogP contribution in [-0.2, 0) is 11.3 Å². The fraction of sp³-hybridized carbons (Fsp3) is 0.588. The second kappa shape index (κ2) is 8.44. The smallest absolute Gasteiger partial charge is 0.219 e. The lowest BCUT2D eigenvalue weighted by molar-refractivity contribution is -0.121. The van der Waals surface area contributed by atoms with Crippen molar-refractivity contribution < 1.29 is 9.53 Å². The topological polar surface area (TPSA) is 41.6 Å². The van der Waals surface area contributed by atoms with Crippen molar-refractivity contribution in [3.05, 3.63) is 23.8 Å². The molecule has 0 unspecified atom stereocenters. The zero-order chi connectivity index (χ0) is 15.9. The SMILES string of the molecule is CCC(=O)N[C@@H]1CCCN(Cc2ccc(SC)c(OC)c2)C1. The number of amides is 1. The molecule has 1 amide bonds. The Morgan fingerprint density at radius 2 is 2.32 bits per heavy atom. The molecule has 1 saturated heterocycles. The predicted octanol–water partition coefficient (Wildman–Crippen LogP) is 2.91. The molecular weight excluding hydrogens is 296 g/mol. The molecule has 22 heavy (non-hydrogen) atoms. The number of likely N-dealkylation sites (tertiary alicyclic amines) is 1. The average molecular weight is 322 g/mol. The van der Waals surface area contributed by atoms with Crippen LogP contribution in [0.2, 0.25) is 0 Å². The molecule has 1 N–H and O–H groups in total. The van der Waals surface area contributed by atoms with Crippen molar-refractivity contribution in [1.29, 1.82) is 0 Å². The molecule has 1 aromatic carbocycles. The van der Waals surface area contributed by atoms with E-state index >= 15 is 0 Å². The van der Waals surface area contributed by atoms with Crippen LogP contribution in [0.1, 0.15) is 31.7 Å². The van der Waals surface area contributed by atoms with Crippen molar-refractivity contribution >= 4 is 17.7 Å². The Hall–Kier alpha value is -1.20. The monoisotopic (exact) mass is 322 g/mol. The summed E-state index contributed by atoms with van der Waals surface area (Å²) in [7, 11) is 1.72. The van der Waals surface area contributed by atoms with E-state index in [-0.39, 0.29) is 11.9 Å². The molecule has 1 aliphatic rings. The standard InChI is InChI=1S/C17H26N2O2S/c1-4-17(20)18-14-6-5-9-19(12-14)11-13-7-8-16(22-3)15(10-13)21-2/h7-8,10,14H,4-6,9,11-12H2,1-3H3,(H,18,20)/t14-/m1/s1. The zero-order valence-corrected chi connectivity index (χ0v) is 14.5. The van der Waals surface area contributed by atoms with E-state index in [4.69, 9.17) is 4.74 Å². The van der Waals surface area contributed by atoms with E-state index in [1.807, 2.05) is 6.92 Å². The summed E-state index contributed by atoms with van der Waals surface area (Å²) in [4.78, 5) is 15.1. The van der Waals surface area contributed by atoms with E-state index in [2.05, 4.69) is 34.7 Å². The number of methoxy groups -OCH3 is 1. The Morgan fingerprint density at radius 3 is 3.00 bits per heavy atom. The summed E-state index contributed by atoms with van der Waals surface area (Å²) >= 11 is 1.70. The second-order valence-electron chi connectivity index (χ2n) is 5.68. The summed E-state index contributed by atoms with van der Waals surface area (Å²) in [5, 5.41) is 3.12. The van der Waals surface area contributed by atoms with E-state index in [0.717, 1.165) is 43.1 Å². The van der Waals surface area contributed by atoms with Crippen molar-refractivity contribution in [2.24, 2.45) is 0 Å². The molecule has 1 aromatic rings. The molecule has 0 saturated carbocycles. The van der Waals surface area contributed by atoms with Crippen LogP contribution in [0, 0.1) is 0 Å². The molecule has 0 aromatic heterocycles. The van der Waals surface area contributed by atoms with Crippen LogP contribution in [0.3, 0.4) is 0 Å². The Bertz CT molecular complexity index is 507. The maximum atomic E-state index is 11.6. The first-order valence-corrected chi connectivity index (χ1v) is 9.11. The molecule has 1 atom stereocenters. The van der Waals surface area contributed by atoms with Gasteiger partial charge in [-0.2, -0.15) is 0 Å². The maximum absolute atomic E-state index is 11.6. The van der Waals surface area contributed by atoms with Crippen LogP contribution in [0.25, 0.3) is 0 Å². The van der Waals surface area contributed by atoms with Gasteiger partial charge in [-0.1, -0.05) is 13.0 Å². The minimum atomic E-state index is 0.151. The molecule has 0 aliphatic carbocycles. The van der Waals surface area contributed by atoms with Gasteiger partial charge in [0.1, 0.15) is 5.75 Å². The number of nitrogens with one attached hydrogen (secondary N) is 1. The number of benzene rings is 1. The first kappa shape index (κ1) is 17.2. The molecule has 1 fully saturated rings. The number of rotatable bonds is 6. The molecule has 122 valence electrons. The second-order valence-corrected chi connectivity index (χ2v) is 6.53. The van der Waals surface area contributed by atoms with E-state index in [1.165, 1.54) is 5.56 Å². The molecule has 1 aliphatic heterocycles. The van der Waals surface area contributed by atoms with Crippen LogP contribution in [-0.4, -0.2) is 43.3 Å². The zero-order valence-electron chi connectivity index (χ0n) is 13.7. The van der Waals surface area contributed by atoms with Crippen LogP contribution in [0.5, 0.6) is 5.75 Å². The van der Waals surface area contributed by atoms with Crippen LogP contribution in [0.4, 0.5) is 0 Å². The third-order valence-electron chi connectivity index (χ3n) is 4.05.